The number of carbonyl (C=O) groups excluding carboxylic acids is 1. The van der Waals surface area contributed by atoms with Crippen LogP contribution in [0.15, 0.2) is 46.4 Å². The van der Waals surface area contributed by atoms with E-state index in [1.807, 2.05) is 6.92 Å². The molecule has 0 saturated carbocycles. The maximum Gasteiger partial charge on any atom is 0.276 e. The van der Waals surface area contributed by atoms with Crippen molar-refractivity contribution in [2.45, 2.75) is 6.92 Å². The summed E-state index contributed by atoms with van der Waals surface area (Å²) in [7, 11) is 3.12. The van der Waals surface area contributed by atoms with Crippen LogP contribution in [0.2, 0.25) is 0 Å². The minimum absolute atomic E-state index is 0.0211. The third-order valence-electron chi connectivity index (χ3n) is 3.26. The van der Waals surface area contributed by atoms with Gasteiger partial charge in [0.1, 0.15) is 5.56 Å². The molecule has 0 spiro atoms. The molecule has 7 nitrogen and oxygen atoms in total. The van der Waals surface area contributed by atoms with Crippen molar-refractivity contribution in [1.29, 1.82) is 0 Å². The molecule has 0 radical (unpaired) electrons. The van der Waals surface area contributed by atoms with Crippen LogP contribution in [0, 0.1) is 0 Å². The van der Waals surface area contributed by atoms with E-state index >= 15 is 0 Å². The topological polar surface area (TPSA) is 81.9 Å². The maximum absolute atomic E-state index is 12.0. The highest BCUT2D eigenvalue weighted by molar-refractivity contribution is 5.94. The second-order valence-corrected chi connectivity index (χ2v) is 4.85. The Morgan fingerprint density at radius 2 is 2.12 bits per heavy atom. The van der Waals surface area contributed by atoms with Crippen LogP contribution in [0.25, 0.3) is 0 Å². The maximum atomic E-state index is 12.0. The molecule has 7 heteroatoms. The fourth-order valence-corrected chi connectivity index (χ4v) is 2.08. The van der Waals surface area contributed by atoms with E-state index in [2.05, 4.69) is 10.5 Å². The van der Waals surface area contributed by atoms with Crippen molar-refractivity contribution in [3.63, 3.8) is 0 Å². The molecule has 1 heterocycles. The highest BCUT2D eigenvalue weighted by Gasteiger charge is 2.11. The van der Waals surface area contributed by atoms with Crippen LogP contribution in [-0.2, 0) is 7.05 Å². The van der Waals surface area contributed by atoms with Crippen molar-refractivity contribution in [2.75, 3.05) is 13.7 Å². The van der Waals surface area contributed by atoms with Gasteiger partial charge in [-0.1, -0.05) is 6.07 Å². The van der Waals surface area contributed by atoms with Gasteiger partial charge in [0.25, 0.3) is 11.5 Å². The van der Waals surface area contributed by atoms with Crippen LogP contribution in [-0.4, -0.2) is 30.4 Å². The molecule has 0 aliphatic rings. The van der Waals surface area contributed by atoms with Gasteiger partial charge in [0.05, 0.1) is 19.9 Å². The molecule has 0 unspecified atom stereocenters. The van der Waals surface area contributed by atoms with Gasteiger partial charge in [0.2, 0.25) is 0 Å². The number of carbonyl (C=O) groups is 1. The van der Waals surface area contributed by atoms with E-state index in [9.17, 15) is 9.59 Å². The number of pyridine rings is 1. The number of benzene rings is 1. The van der Waals surface area contributed by atoms with Gasteiger partial charge in [-0.15, -0.1) is 0 Å². The normalized spacial score (nSPS) is 10.6. The molecule has 0 bridgehead atoms. The second kappa shape index (κ2) is 7.96. The number of rotatable bonds is 6. The zero-order valence-electron chi connectivity index (χ0n) is 13.8. The fraction of sp³-hybridized carbons (Fsp3) is 0.235. The monoisotopic (exact) mass is 329 g/mol. The molecule has 0 atom stereocenters. The number of amides is 1. The molecule has 2 aromatic rings. The number of methoxy groups -OCH3 is 1. The van der Waals surface area contributed by atoms with E-state index in [1.165, 1.54) is 16.8 Å². The van der Waals surface area contributed by atoms with E-state index in [4.69, 9.17) is 9.47 Å². The van der Waals surface area contributed by atoms with Gasteiger partial charge >= 0.3 is 0 Å². The van der Waals surface area contributed by atoms with Crippen molar-refractivity contribution in [2.24, 2.45) is 12.1 Å². The van der Waals surface area contributed by atoms with Gasteiger partial charge in [-0.3, -0.25) is 9.59 Å². The number of nitrogens with one attached hydrogen (secondary N) is 1. The Bertz CT molecular complexity index is 812. The van der Waals surface area contributed by atoms with Crippen LogP contribution in [0.3, 0.4) is 0 Å². The Kier molecular flexibility index (Phi) is 5.73. The molecule has 1 N–H and O–H groups in total. The van der Waals surface area contributed by atoms with Crippen LogP contribution in [0.5, 0.6) is 11.5 Å². The summed E-state index contributed by atoms with van der Waals surface area (Å²) < 4.78 is 12.1. The molecular weight excluding hydrogens is 310 g/mol. The minimum atomic E-state index is -0.576. The Hall–Kier alpha value is -3.09. The first kappa shape index (κ1) is 17.3. The first-order valence-corrected chi connectivity index (χ1v) is 7.37. The Morgan fingerprint density at radius 1 is 1.33 bits per heavy atom. The summed E-state index contributed by atoms with van der Waals surface area (Å²) in [5.74, 6) is 0.536. The lowest BCUT2D eigenvalue weighted by atomic mass is 10.2. The fourth-order valence-electron chi connectivity index (χ4n) is 2.08. The first-order chi connectivity index (χ1) is 11.6. The third-order valence-corrected chi connectivity index (χ3v) is 3.26. The zero-order valence-corrected chi connectivity index (χ0v) is 13.8. The summed E-state index contributed by atoms with van der Waals surface area (Å²) in [4.78, 5) is 23.9. The lowest BCUT2D eigenvalue weighted by Gasteiger charge is -2.11. The molecule has 24 heavy (non-hydrogen) atoms. The number of hydrogen-bond acceptors (Lipinski definition) is 5. The molecule has 1 aromatic heterocycles. The summed E-state index contributed by atoms with van der Waals surface area (Å²) >= 11 is 0. The van der Waals surface area contributed by atoms with E-state index in [1.54, 1.807) is 44.6 Å². The Balaban J connectivity index is 2.19. The predicted octanol–water partition coefficient (Wildman–Crippen LogP) is 1.56. The summed E-state index contributed by atoms with van der Waals surface area (Å²) in [5, 5.41) is 3.90. The van der Waals surface area contributed by atoms with E-state index < -0.39 is 5.91 Å². The standard InChI is InChI=1S/C17H19N3O4/c1-4-24-15-12(7-5-9-14(15)23-3)11-18-19-16(21)13-8-6-10-20(2)17(13)22/h5-11H,4H2,1-3H3,(H,19,21)/b18-11-. The largest absolute Gasteiger partial charge is 0.493 e. The third kappa shape index (κ3) is 3.81. The quantitative estimate of drug-likeness (QED) is 0.644. The number of nitrogens with zero attached hydrogens (tertiary/aromatic N) is 2. The van der Waals surface area contributed by atoms with Gasteiger partial charge in [-0.2, -0.15) is 5.10 Å². The number of hydrazone groups is 1. The lowest BCUT2D eigenvalue weighted by Crippen LogP contribution is -2.29. The first-order valence-electron chi connectivity index (χ1n) is 7.37. The van der Waals surface area contributed by atoms with E-state index in [0.29, 0.717) is 23.7 Å². The van der Waals surface area contributed by atoms with Crippen molar-refractivity contribution >= 4 is 12.1 Å². The predicted molar refractivity (Wildman–Crippen MR) is 90.9 cm³/mol. The van der Waals surface area contributed by atoms with Gasteiger partial charge in [0, 0.05) is 18.8 Å². The van der Waals surface area contributed by atoms with Crippen molar-refractivity contribution in [3.8, 4) is 11.5 Å². The number of hydrogen-bond donors (Lipinski definition) is 1. The number of aromatic nitrogens is 1. The number of para-hydroxylation sites is 1. The molecule has 0 fully saturated rings. The number of ether oxygens (including phenoxy) is 2. The molecule has 1 amide bonds. The van der Waals surface area contributed by atoms with E-state index in [-0.39, 0.29) is 11.1 Å². The lowest BCUT2D eigenvalue weighted by molar-refractivity contribution is 0.0953. The van der Waals surface area contributed by atoms with E-state index in [0.717, 1.165) is 0 Å². The summed E-state index contributed by atoms with van der Waals surface area (Å²) in [5.41, 5.74) is 2.63. The van der Waals surface area contributed by atoms with Crippen molar-refractivity contribution in [1.82, 2.24) is 9.99 Å². The zero-order chi connectivity index (χ0) is 17.5. The summed E-state index contributed by atoms with van der Waals surface area (Å²) in [6.45, 7) is 2.33. The van der Waals surface area contributed by atoms with Crippen molar-refractivity contribution in [3.05, 3.63) is 58.0 Å². The summed E-state index contributed by atoms with van der Waals surface area (Å²) in [6.07, 6.45) is 3.02. The van der Waals surface area contributed by atoms with Crippen LogP contribution in [0.4, 0.5) is 0 Å². The second-order valence-electron chi connectivity index (χ2n) is 4.85. The van der Waals surface area contributed by atoms with Crippen LogP contribution >= 0.6 is 0 Å². The van der Waals surface area contributed by atoms with Gasteiger partial charge < -0.3 is 14.0 Å². The molecular formula is C17H19N3O4. The molecule has 1 aromatic carbocycles. The average molecular weight is 329 g/mol. The van der Waals surface area contributed by atoms with Gasteiger partial charge in [0.15, 0.2) is 11.5 Å². The van der Waals surface area contributed by atoms with Crippen molar-refractivity contribution < 1.29 is 14.3 Å². The molecule has 0 saturated heterocycles. The minimum Gasteiger partial charge on any atom is -0.493 e. The summed E-state index contributed by atoms with van der Waals surface area (Å²) in [6, 6.07) is 8.41. The Morgan fingerprint density at radius 3 is 2.83 bits per heavy atom. The smallest absolute Gasteiger partial charge is 0.276 e. The Labute approximate surface area is 139 Å². The molecule has 0 aliphatic heterocycles. The van der Waals surface area contributed by atoms with Gasteiger partial charge in [-0.05, 0) is 31.2 Å². The highest BCUT2D eigenvalue weighted by Crippen LogP contribution is 2.29. The van der Waals surface area contributed by atoms with Gasteiger partial charge in [-0.25, -0.2) is 5.43 Å². The van der Waals surface area contributed by atoms with Crippen LogP contribution < -0.4 is 20.5 Å². The molecule has 0 aliphatic carbocycles. The SMILES string of the molecule is CCOc1c(/C=N\NC(=O)c2cccn(C)c2=O)cccc1OC. The molecule has 126 valence electrons. The molecule has 2 rings (SSSR count). The average Bonchev–Trinajstić information content (AvgIpc) is 2.58. The van der Waals surface area contributed by atoms with Crippen LogP contribution in [0.1, 0.15) is 22.8 Å². The number of aryl methyl sites for hydroxylation is 1. The highest BCUT2D eigenvalue weighted by atomic mass is 16.5.